The van der Waals surface area contributed by atoms with Gasteiger partial charge in [-0.1, -0.05) is 91.0 Å². The molecule has 0 spiro atoms. The number of nitrogens with zero attached hydrogens (tertiary/aromatic N) is 1. The standard InChI is InChI=1S/C26H27N3O2/c1-3-31-26(30)29-24(22-17-11-6-12-18-22)23(21-15-9-5-10-16-21)28-25(29)27-19(2)20-13-7-4-8-14-20/h4-19,23-24H,3H2,1-2H3,(H,27,28)/p+1. The minimum absolute atomic E-state index is 0.00609. The molecule has 0 bridgehead atoms. The van der Waals surface area contributed by atoms with Crippen LogP contribution in [0.15, 0.2) is 91.0 Å². The molecule has 1 aliphatic rings. The predicted molar refractivity (Wildman–Crippen MR) is 121 cm³/mol. The Kier molecular flexibility index (Phi) is 6.32. The summed E-state index contributed by atoms with van der Waals surface area (Å²) in [5, 5.41) is 3.51. The van der Waals surface area contributed by atoms with Gasteiger partial charge in [-0.25, -0.2) is 4.79 Å². The van der Waals surface area contributed by atoms with E-state index in [9.17, 15) is 4.79 Å². The first kappa shape index (κ1) is 20.7. The lowest BCUT2D eigenvalue weighted by Gasteiger charge is -2.24. The van der Waals surface area contributed by atoms with Crippen molar-refractivity contribution in [1.29, 1.82) is 0 Å². The van der Waals surface area contributed by atoms with Gasteiger partial charge in [-0.3, -0.25) is 10.3 Å². The lowest BCUT2D eigenvalue weighted by Crippen LogP contribution is -2.75. The molecule has 5 nitrogen and oxygen atoms in total. The predicted octanol–water partition coefficient (Wildman–Crippen LogP) is 3.73. The van der Waals surface area contributed by atoms with Crippen LogP contribution < -0.4 is 10.3 Å². The van der Waals surface area contributed by atoms with Gasteiger partial charge in [0.15, 0.2) is 6.04 Å². The van der Waals surface area contributed by atoms with Crippen molar-refractivity contribution >= 4 is 12.1 Å². The molecule has 3 atom stereocenters. The second kappa shape index (κ2) is 9.47. The third-order valence-electron chi connectivity index (χ3n) is 5.54. The zero-order valence-electron chi connectivity index (χ0n) is 17.9. The van der Waals surface area contributed by atoms with E-state index in [0.29, 0.717) is 12.6 Å². The number of amides is 1. The summed E-state index contributed by atoms with van der Waals surface area (Å²) in [6.07, 6.45) is -0.370. The number of nitrogens with one attached hydrogen (secondary N) is 2. The Bertz CT molecular complexity index is 1020. The van der Waals surface area contributed by atoms with Crippen molar-refractivity contribution in [3.63, 3.8) is 0 Å². The highest BCUT2D eigenvalue weighted by Crippen LogP contribution is 2.34. The summed E-state index contributed by atoms with van der Waals surface area (Å²) < 4.78 is 5.47. The van der Waals surface area contributed by atoms with Gasteiger partial charge in [-0.15, -0.1) is 0 Å². The number of carbonyl (C=O) groups excluding carboxylic acids is 1. The van der Waals surface area contributed by atoms with Crippen LogP contribution in [0.2, 0.25) is 0 Å². The van der Waals surface area contributed by atoms with Crippen molar-refractivity contribution in [2.45, 2.75) is 32.0 Å². The molecule has 158 valence electrons. The van der Waals surface area contributed by atoms with Crippen LogP contribution in [-0.2, 0) is 4.74 Å². The van der Waals surface area contributed by atoms with Crippen molar-refractivity contribution in [3.05, 3.63) is 108 Å². The lowest BCUT2D eigenvalue weighted by atomic mass is 9.94. The van der Waals surface area contributed by atoms with E-state index in [1.165, 1.54) is 0 Å². The van der Waals surface area contributed by atoms with E-state index in [1.54, 1.807) is 4.90 Å². The molecule has 0 saturated carbocycles. The number of hydrogen-bond acceptors (Lipinski definition) is 3. The molecular formula is C26H28N3O2+. The number of guanidine groups is 1. The van der Waals surface area contributed by atoms with Crippen LogP contribution in [0.5, 0.6) is 0 Å². The maximum atomic E-state index is 13.1. The average Bonchev–Trinajstić information content (AvgIpc) is 3.20. The van der Waals surface area contributed by atoms with Crippen LogP contribution >= 0.6 is 0 Å². The van der Waals surface area contributed by atoms with Crippen LogP contribution in [0.25, 0.3) is 0 Å². The molecule has 2 N–H and O–H groups in total. The third-order valence-corrected chi connectivity index (χ3v) is 5.54. The Balaban J connectivity index is 1.76. The number of ether oxygens (including phenoxy) is 1. The van der Waals surface area contributed by atoms with Crippen LogP contribution in [0.3, 0.4) is 0 Å². The maximum absolute atomic E-state index is 13.1. The van der Waals surface area contributed by atoms with Crippen LogP contribution in [-0.4, -0.2) is 23.6 Å². The molecule has 0 fully saturated rings. The molecule has 3 aromatic rings. The average molecular weight is 415 g/mol. The van der Waals surface area contributed by atoms with Gasteiger partial charge < -0.3 is 4.74 Å². The SMILES string of the molecule is CCOC(=O)N1C(NC(C)c2ccccc2)=[NH+]C(c2ccccc2)C1c1ccccc1. The van der Waals surface area contributed by atoms with Crippen LogP contribution in [0.1, 0.15) is 48.7 Å². The van der Waals surface area contributed by atoms with Crippen LogP contribution in [0, 0.1) is 0 Å². The van der Waals surface area contributed by atoms with Gasteiger partial charge in [-0.2, -0.15) is 4.90 Å². The van der Waals surface area contributed by atoms with E-state index < -0.39 is 0 Å². The molecule has 0 saturated heterocycles. The van der Waals surface area contributed by atoms with E-state index in [0.717, 1.165) is 16.7 Å². The third kappa shape index (κ3) is 4.45. The highest BCUT2D eigenvalue weighted by atomic mass is 16.6. The van der Waals surface area contributed by atoms with Gasteiger partial charge in [0.2, 0.25) is 0 Å². The number of benzene rings is 3. The van der Waals surface area contributed by atoms with E-state index in [-0.39, 0.29) is 24.2 Å². The lowest BCUT2D eigenvalue weighted by molar-refractivity contribution is -0.505. The van der Waals surface area contributed by atoms with Crippen molar-refractivity contribution in [1.82, 2.24) is 10.2 Å². The Hall–Kier alpha value is -3.60. The van der Waals surface area contributed by atoms with Gasteiger partial charge in [0, 0.05) is 0 Å². The van der Waals surface area contributed by atoms with E-state index in [1.807, 2.05) is 61.5 Å². The zero-order chi connectivity index (χ0) is 21.6. The van der Waals surface area contributed by atoms with Crippen molar-refractivity contribution < 1.29 is 14.5 Å². The summed E-state index contributed by atoms with van der Waals surface area (Å²) in [5.74, 6) is 0.650. The first-order valence-electron chi connectivity index (χ1n) is 10.7. The number of hydrogen-bond donors (Lipinski definition) is 2. The molecule has 31 heavy (non-hydrogen) atoms. The molecule has 3 aromatic carbocycles. The fourth-order valence-electron chi connectivity index (χ4n) is 4.04. The summed E-state index contributed by atoms with van der Waals surface area (Å²) in [6, 6.07) is 30.1. The molecule has 5 heteroatoms. The second-order valence-electron chi connectivity index (χ2n) is 7.58. The largest absolute Gasteiger partial charge is 0.479 e. The Morgan fingerprint density at radius 3 is 2.06 bits per heavy atom. The second-order valence-corrected chi connectivity index (χ2v) is 7.58. The molecule has 0 aliphatic carbocycles. The highest BCUT2D eigenvalue weighted by molar-refractivity contribution is 5.92. The fourth-order valence-corrected chi connectivity index (χ4v) is 4.04. The monoisotopic (exact) mass is 414 g/mol. The molecule has 1 heterocycles. The number of carbonyl (C=O) groups is 1. The van der Waals surface area contributed by atoms with Crippen molar-refractivity contribution in [2.24, 2.45) is 0 Å². The number of rotatable bonds is 5. The molecular weight excluding hydrogens is 386 g/mol. The molecule has 4 rings (SSSR count). The van der Waals surface area contributed by atoms with E-state index in [2.05, 4.69) is 53.6 Å². The summed E-state index contributed by atoms with van der Waals surface area (Å²) in [5.41, 5.74) is 3.29. The minimum Gasteiger partial charge on any atom is -0.438 e. The Morgan fingerprint density at radius 2 is 1.48 bits per heavy atom. The van der Waals surface area contributed by atoms with Gasteiger partial charge in [0.1, 0.15) is 6.04 Å². The van der Waals surface area contributed by atoms with Crippen molar-refractivity contribution in [2.75, 3.05) is 6.61 Å². The van der Waals surface area contributed by atoms with Crippen LogP contribution in [0.4, 0.5) is 4.79 Å². The Morgan fingerprint density at radius 1 is 0.935 bits per heavy atom. The first-order valence-corrected chi connectivity index (χ1v) is 10.7. The Labute approximate surface area is 183 Å². The van der Waals surface area contributed by atoms with Gasteiger partial charge in [0.05, 0.1) is 12.6 Å². The quantitative estimate of drug-likeness (QED) is 0.669. The van der Waals surface area contributed by atoms with Gasteiger partial charge >= 0.3 is 12.1 Å². The molecule has 3 unspecified atom stereocenters. The maximum Gasteiger partial charge on any atom is 0.479 e. The van der Waals surface area contributed by atoms with E-state index >= 15 is 0 Å². The van der Waals surface area contributed by atoms with E-state index in [4.69, 9.17) is 4.74 Å². The molecule has 0 radical (unpaired) electrons. The summed E-state index contributed by atoms with van der Waals surface area (Å²) in [7, 11) is 0. The smallest absolute Gasteiger partial charge is 0.438 e. The summed E-state index contributed by atoms with van der Waals surface area (Å²) in [6.45, 7) is 4.22. The molecule has 1 aliphatic heterocycles. The van der Waals surface area contributed by atoms with Gasteiger partial charge in [0.25, 0.3) is 0 Å². The topological polar surface area (TPSA) is 55.5 Å². The summed E-state index contributed by atoms with van der Waals surface area (Å²) >= 11 is 0. The normalized spacial score (nSPS) is 18.9. The first-order chi connectivity index (χ1) is 15.2. The summed E-state index contributed by atoms with van der Waals surface area (Å²) in [4.78, 5) is 18.4. The zero-order valence-corrected chi connectivity index (χ0v) is 17.9. The molecule has 0 aromatic heterocycles. The minimum atomic E-state index is -0.370. The van der Waals surface area contributed by atoms with Gasteiger partial charge in [-0.05, 0) is 30.5 Å². The molecule has 1 amide bonds. The highest BCUT2D eigenvalue weighted by Gasteiger charge is 2.48. The fraction of sp³-hybridized carbons (Fsp3) is 0.231. The van der Waals surface area contributed by atoms with Crippen molar-refractivity contribution in [3.8, 4) is 0 Å².